The summed E-state index contributed by atoms with van der Waals surface area (Å²) in [5, 5.41) is 11.7. The summed E-state index contributed by atoms with van der Waals surface area (Å²) in [6.07, 6.45) is 2.87. The van der Waals surface area contributed by atoms with Crippen LogP contribution >= 0.6 is 0 Å². The number of hydrogen-bond acceptors (Lipinski definition) is 3. The molecule has 3 rings (SSSR count). The molecule has 2 aromatic carbocycles. The molecule has 1 radical (unpaired) electrons. The average molecular weight is 332 g/mol. The molecule has 0 amide bonds. The van der Waals surface area contributed by atoms with Gasteiger partial charge in [-0.2, -0.15) is 0 Å². The van der Waals surface area contributed by atoms with E-state index < -0.39 is 0 Å². The molecule has 1 aromatic heterocycles. The van der Waals surface area contributed by atoms with Gasteiger partial charge in [0.2, 0.25) is 0 Å². The SMILES string of the molecule is CCCCC(C[O])c1nc(-c2ccccc2)nc(-c2ccccc2)n1. The number of benzene rings is 2. The number of unbranched alkanes of at least 4 members (excludes halogenated alkanes) is 1. The molecule has 1 unspecified atom stereocenters. The summed E-state index contributed by atoms with van der Waals surface area (Å²) < 4.78 is 0. The molecule has 0 fully saturated rings. The molecule has 0 saturated carbocycles. The zero-order chi connectivity index (χ0) is 17.5. The Morgan fingerprint density at radius 2 is 1.32 bits per heavy atom. The van der Waals surface area contributed by atoms with E-state index in [2.05, 4.69) is 21.9 Å². The van der Waals surface area contributed by atoms with Crippen LogP contribution in [0.2, 0.25) is 0 Å². The second-order valence-electron chi connectivity index (χ2n) is 6.08. The van der Waals surface area contributed by atoms with Crippen molar-refractivity contribution in [1.82, 2.24) is 15.0 Å². The Balaban J connectivity index is 2.08. The van der Waals surface area contributed by atoms with Crippen LogP contribution in [0.25, 0.3) is 22.8 Å². The molecular weight excluding hydrogens is 310 g/mol. The Labute approximate surface area is 148 Å². The molecule has 127 valence electrons. The number of hydrogen-bond donors (Lipinski definition) is 0. The maximum Gasteiger partial charge on any atom is 0.163 e. The lowest BCUT2D eigenvalue weighted by Crippen LogP contribution is -2.11. The van der Waals surface area contributed by atoms with E-state index in [9.17, 15) is 5.11 Å². The van der Waals surface area contributed by atoms with E-state index in [1.807, 2.05) is 60.7 Å². The molecule has 4 nitrogen and oxygen atoms in total. The number of aromatic nitrogens is 3. The van der Waals surface area contributed by atoms with Crippen LogP contribution in [0.5, 0.6) is 0 Å². The largest absolute Gasteiger partial charge is 0.236 e. The monoisotopic (exact) mass is 332 g/mol. The Bertz CT molecular complexity index is 733. The summed E-state index contributed by atoms with van der Waals surface area (Å²) in [6, 6.07) is 19.7. The van der Waals surface area contributed by atoms with Gasteiger partial charge < -0.3 is 0 Å². The van der Waals surface area contributed by atoms with Crippen LogP contribution in [0, 0.1) is 0 Å². The van der Waals surface area contributed by atoms with Gasteiger partial charge >= 0.3 is 0 Å². The van der Waals surface area contributed by atoms with E-state index >= 15 is 0 Å². The lowest BCUT2D eigenvalue weighted by atomic mass is 10.0. The molecule has 3 aromatic rings. The predicted octanol–water partition coefficient (Wildman–Crippen LogP) is 4.91. The first kappa shape index (κ1) is 17.2. The Morgan fingerprint density at radius 3 is 1.76 bits per heavy atom. The highest BCUT2D eigenvalue weighted by atomic mass is 16.3. The molecule has 25 heavy (non-hydrogen) atoms. The Kier molecular flexibility index (Phi) is 5.86. The zero-order valence-electron chi connectivity index (χ0n) is 14.4. The third-order valence-electron chi connectivity index (χ3n) is 4.19. The van der Waals surface area contributed by atoms with Crippen LogP contribution < -0.4 is 0 Å². The Morgan fingerprint density at radius 1 is 0.800 bits per heavy atom. The maximum atomic E-state index is 11.7. The summed E-state index contributed by atoms with van der Waals surface area (Å²) in [6.45, 7) is 1.92. The summed E-state index contributed by atoms with van der Waals surface area (Å²) >= 11 is 0. The van der Waals surface area contributed by atoms with Crippen molar-refractivity contribution in [3.05, 3.63) is 66.5 Å². The van der Waals surface area contributed by atoms with Gasteiger partial charge in [0.15, 0.2) is 11.6 Å². The van der Waals surface area contributed by atoms with E-state index in [-0.39, 0.29) is 12.5 Å². The van der Waals surface area contributed by atoms with Crippen molar-refractivity contribution in [2.75, 3.05) is 6.61 Å². The molecule has 0 aliphatic carbocycles. The van der Waals surface area contributed by atoms with Crippen molar-refractivity contribution in [3.8, 4) is 22.8 Å². The molecule has 0 aliphatic rings. The molecular formula is C21H22N3O. The van der Waals surface area contributed by atoms with Gasteiger partial charge in [-0.25, -0.2) is 20.1 Å². The van der Waals surface area contributed by atoms with Crippen LogP contribution in [0.1, 0.15) is 37.9 Å². The third kappa shape index (κ3) is 4.28. The smallest absolute Gasteiger partial charge is 0.163 e. The number of rotatable bonds is 7. The topological polar surface area (TPSA) is 58.6 Å². The summed E-state index contributed by atoms with van der Waals surface area (Å²) in [5.41, 5.74) is 1.87. The summed E-state index contributed by atoms with van der Waals surface area (Å²) in [7, 11) is 0. The van der Waals surface area contributed by atoms with Crippen molar-refractivity contribution < 1.29 is 5.11 Å². The lowest BCUT2D eigenvalue weighted by molar-refractivity contribution is 0.164. The van der Waals surface area contributed by atoms with Crippen LogP contribution in [-0.4, -0.2) is 21.6 Å². The second-order valence-corrected chi connectivity index (χ2v) is 6.08. The zero-order valence-corrected chi connectivity index (χ0v) is 14.4. The highest BCUT2D eigenvalue weighted by Crippen LogP contribution is 2.25. The van der Waals surface area contributed by atoms with Gasteiger partial charge in [0.25, 0.3) is 0 Å². The van der Waals surface area contributed by atoms with E-state index in [1.165, 1.54) is 0 Å². The van der Waals surface area contributed by atoms with E-state index in [0.717, 1.165) is 30.4 Å². The van der Waals surface area contributed by atoms with Crippen molar-refractivity contribution in [2.45, 2.75) is 32.1 Å². The Hall–Kier alpha value is -2.59. The molecule has 0 saturated heterocycles. The van der Waals surface area contributed by atoms with Gasteiger partial charge in [-0.3, -0.25) is 0 Å². The van der Waals surface area contributed by atoms with E-state index in [4.69, 9.17) is 0 Å². The highest BCUT2D eigenvalue weighted by molar-refractivity contribution is 5.60. The van der Waals surface area contributed by atoms with Crippen molar-refractivity contribution in [2.24, 2.45) is 0 Å². The highest BCUT2D eigenvalue weighted by Gasteiger charge is 2.18. The fraction of sp³-hybridized carbons (Fsp3) is 0.286. The minimum atomic E-state index is -0.202. The first-order valence-corrected chi connectivity index (χ1v) is 8.76. The standard InChI is InChI=1S/C21H22N3O/c1-2-3-10-18(15-25)21-23-19(16-11-6-4-7-12-16)22-20(24-21)17-13-8-5-9-14-17/h4-9,11-14,18H,2-3,10,15H2,1H3. The fourth-order valence-corrected chi connectivity index (χ4v) is 2.75. The third-order valence-corrected chi connectivity index (χ3v) is 4.19. The molecule has 0 aliphatic heterocycles. The van der Waals surface area contributed by atoms with Crippen molar-refractivity contribution >= 4 is 0 Å². The van der Waals surface area contributed by atoms with Crippen molar-refractivity contribution in [3.63, 3.8) is 0 Å². The molecule has 1 atom stereocenters. The van der Waals surface area contributed by atoms with Gasteiger partial charge in [0.1, 0.15) is 5.82 Å². The lowest BCUT2D eigenvalue weighted by Gasteiger charge is -2.14. The molecule has 0 spiro atoms. The van der Waals surface area contributed by atoms with Crippen molar-refractivity contribution in [1.29, 1.82) is 0 Å². The van der Waals surface area contributed by atoms with Gasteiger partial charge in [-0.15, -0.1) is 0 Å². The minimum absolute atomic E-state index is 0.173. The molecule has 4 heteroatoms. The van der Waals surface area contributed by atoms with E-state index in [0.29, 0.717) is 17.5 Å². The first-order valence-electron chi connectivity index (χ1n) is 8.76. The van der Waals surface area contributed by atoms with E-state index in [1.54, 1.807) is 0 Å². The normalized spacial score (nSPS) is 12.1. The van der Waals surface area contributed by atoms with Crippen LogP contribution in [0.3, 0.4) is 0 Å². The summed E-state index contributed by atoms with van der Waals surface area (Å²) in [5.74, 6) is 1.68. The van der Waals surface area contributed by atoms with Gasteiger partial charge in [0.05, 0.1) is 6.61 Å². The maximum absolute atomic E-state index is 11.7. The van der Waals surface area contributed by atoms with Gasteiger partial charge in [-0.1, -0.05) is 80.4 Å². The average Bonchev–Trinajstić information content (AvgIpc) is 2.70. The van der Waals surface area contributed by atoms with Crippen LogP contribution in [-0.2, 0) is 5.11 Å². The first-order chi connectivity index (χ1) is 12.3. The molecule has 1 heterocycles. The quantitative estimate of drug-likeness (QED) is 0.617. The predicted molar refractivity (Wildman–Crippen MR) is 98.5 cm³/mol. The minimum Gasteiger partial charge on any atom is -0.236 e. The molecule has 0 N–H and O–H groups in total. The van der Waals surface area contributed by atoms with Gasteiger partial charge in [0, 0.05) is 17.0 Å². The summed E-state index contributed by atoms with van der Waals surface area (Å²) in [4.78, 5) is 13.9. The second kappa shape index (κ2) is 8.49. The van der Waals surface area contributed by atoms with Crippen LogP contribution in [0.15, 0.2) is 60.7 Å². The fourth-order valence-electron chi connectivity index (χ4n) is 2.75. The van der Waals surface area contributed by atoms with Gasteiger partial charge in [-0.05, 0) is 6.42 Å². The van der Waals surface area contributed by atoms with Crippen LogP contribution in [0.4, 0.5) is 0 Å². The number of nitrogens with zero attached hydrogens (tertiary/aromatic N) is 3. The molecule has 0 bridgehead atoms.